The maximum atomic E-state index is 13.1. The summed E-state index contributed by atoms with van der Waals surface area (Å²) in [7, 11) is 2.40. The Hall–Kier alpha value is -2.58. The Morgan fingerprint density at radius 2 is 1.81 bits per heavy atom. The van der Waals surface area contributed by atoms with Crippen molar-refractivity contribution in [3.05, 3.63) is 35.7 Å². The molecule has 0 amide bonds. The molecule has 2 aromatic rings. The van der Waals surface area contributed by atoms with Crippen molar-refractivity contribution in [2.75, 3.05) is 14.2 Å². The van der Waals surface area contributed by atoms with Gasteiger partial charge in [0.1, 0.15) is 5.75 Å². The van der Waals surface area contributed by atoms with Crippen LogP contribution in [0.2, 0.25) is 0 Å². The van der Waals surface area contributed by atoms with E-state index in [9.17, 15) is 18.0 Å². The van der Waals surface area contributed by atoms with Crippen LogP contribution in [0, 0.1) is 0 Å². The second-order valence-electron chi connectivity index (χ2n) is 3.89. The number of hydrogen-bond donors (Lipinski definition) is 0. The number of ether oxygens (including phenoxy) is 2. The molecule has 0 N–H and O–H groups in total. The first kappa shape index (κ1) is 14.8. The van der Waals surface area contributed by atoms with Crippen molar-refractivity contribution >= 4 is 5.97 Å². The molecule has 112 valence electrons. The van der Waals surface area contributed by atoms with Gasteiger partial charge >= 0.3 is 12.1 Å². The van der Waals surface area contributed by atoms with Gasteiger partial charge in [0.15, 0.2) is 5.69 Å². The van der Waals surface area contributed by atoms with Crippen molar-refractivity contribution in [1.29, 1.82) is 0 Å². The summed E-state index contributed by atoms with van der Waals surface area (Å²) in [5, 5.41) is 6.64. The second-order valence-corrected chi connectivity index (χ2v) is 3.89. The van der Waals surface area contributed by atoms with Gasteiger partial charge in [-0.1, -0.05) is 5.21 Å². The van der Waals surface area contributed by atoms with Crippen LogP contribution in [0.5, 0.6) is 5.75 Å². The Morgan fingerprint density at radius 1 is 1.19 bits per heavy atom. The van der Waals surface area contributed by atoms with E-state index in [4.69, 9.17) is 4.74 Å². The van der Waals surface area contributed by atoms with Gasteiger partial charge in [-0.05, 0) is 24.3 Å². The van der Waals surface area contributed by atoms with Crippen molar-refractivity contribution < 1.29 is 27.4 Å². The molecule has 0 fully saturated rings. The lowest BCUT2D eigenvalue weighted by Crippen LogP contribution is -2.18. The first-order valence-corrected chi connectivity index (χ1v) is 5.64. The summed E-state index contributed by atoms with van der Waals surface area (Å²) in [5.41, 5.74) is -2.09. The highest BCUT2D eigenvalue weighted by atomic mass is 19.4. The van der Waals surface area contributed by atoms with Crippen LogP contribution < -0.4 is 4.74 Å². The van der Waals surface area contributed by atoms with E-state index >= 15 is 0 Å². The van der Waals surface area contributed by atoms with E-state index in [0.717, 1.165) is 7.11 Å². The number of carbonyl (C=O) groups is 1. The van der Waals surface area contributed by atoms with Crippen LogP contribution in [0.15, 0.2) is 24.3 Å². The highest BCUT2D eigenvalue weighted by Crippen LogP contribution is 2.33. The Morgan fingerprint density at radius 3 is 2.29 bits per heavy atom. The van der Waals surface area contributed by atoms with E-state index in [1.807, 2.05) is 0 Å². The maximum Gasteiger partial charge on any atom is 0.436 e. The smallest absolute Gasteiger partial charge is 0.436 e. The second kappa shape index (κ2) is 5.43. The molecule has 0 aliphatic carbocycles. The lowest BCUT2D eigenvalue weighted by molar-refractivity contribution is -0.143. The Labute approximate surface area is 117 Å². The number of nitrogens with zero attached hydrogens (tertiary/aromatic N) is 3. The average molecular weight is 301 g/mol. The minimum atomic E-state index is -4.81. The lowest BCUT2D eigenvalue weighted by atomic mass is 10.2. The molecule has 1 aromatic heterocycles. The van der Waals surface area contributed by atoms with Crippen molar-refractivity contribution in [1.82, 2.24) is 15.0 Å². The quantitative estimate of drug-likeness (QED) is 0.812. The fourth-order valence-corrected chi connectivity index (χ4v) is 1.67. The monoisotopic (exact) mass is 301 g/mol. The normalized spacial score (nSPS) is 11.3. The van der Waals surface area contributed by atoms with Crippen LogP contribution in [0.25, 0.3) is 5.69 Å². The number of aromatic nitrogens is 3. The summed E-state index contributed by atoms with van der Waals surface area (Å²) >= 11 is 0. The molecule has 0 spiro atoms. The number of alkyl halides is 3. The van der Waals surface area contributed by atoms with Crippen molar-refractivity contribution in [2.24, 2.45) is 0 Å². The van der Waals surface area contributed by atoms with Gasteiger partial charge in [-0.15, -0.1) is 5.10 Å². The molecule has 0 aliphatic heterocycles. The van der Waals surface area contributed by atoms with Crippen molar-refractivity contribution in [3.63, 3.8) is 0 Å². The summed E-state index contributed by atoms with van der Waals surface area (Å²) in [6.45, 7) is 0. The zero-order chi connectivity index (χ0) is 15.6. The molecule has 0 bridgehead atoms. The van der Waals surface area contributed by atoms with E-state index in [0.29, 0.717) is 10.4 Å². The standard InChI is InChI=1S/C12H10F3N3O3/c1-20-8-5-3-7(4-6-8)18-10(12(13,14)15)9(16-17-18)11(19)21-2/h3-6H,1-2H3. The Bertz CT molecular complexity index is 650. The van der Waals surface area contributed by atoms with Gasteiger partial charge < -0.3 is 9.47 Å². The summed E-state index contributed by atoms with van der Waals surface area (Å²) in [6.07, 6.45) is -4.81. The van der Waals surface area contributed by atoms with Gasteiger partial charge in [0.2, 0.25) is 5.69 Å². The van der Waals surface area contributed by atoms with Gasteiger partial charge in [0.25, 0.3) is 0 Å². The Kier molecular flexibility index (Phi) is 3.83. The van der Waals surface area contributed by atoms with Crippen LogP contribution in [-0.4, -0.2) is 35.2 Å². The van der Waals surface area contributed by atoms with E-state index < -0.39 is 23.5 Å². The zero-order valence-corrected chi connectivity index (χ0v) is 11.0. The molecule has 0 radical (unpaired) electrons. The molecule has 0 aliphatic rings. The van der Waals surface area contributed by atoms with Crippen molar-refractivity contribution in [2.45, 2.75) is 6.18 Å². The molecule has 21 heavy (non-hydrogen) atoms. The number of rotatable bonds is 3. The number of benzene rings is 1. The maximum absolute atomic E-state index is 13.1. The zero-order valence-electron chi connectivity index (χ0n) is 11.0. The van der Waals surface area contributed by atoms with Crippen LogP contribution in [0.4, 0.5) is 13.2 Å². The van der Waals surface area contributed by atoms with E-state index in [-0.39, 0.29) is 5.69 Å². The summed E-state index contributed by atoms with van der Waals surface area (Å²) in [5.74, 6) is -0.734. The average Bonchev–Trinajstić information content (AvgIpc) is 2.91. The van der Waals surface area contributed by atoms with Crippen LogP contribution >= 0.6 is 0 Å². The third-order valence-electron chi connectivity index (χ3n) is 2.63. The van der Waals surface area contributed by atoms with Gasteiger partial charge in [0, 0.05) is 0 Å². The number of halogens is 3. The molecular formula is C12H10F3N3O3. The Balaban J connectivity index is 2.58. The number of methoxy groups -OCH3 is 2. The van der Waals surface area contributed by atoms with Crippen LogP contribution in [0.1, 0.15) is 16.2 Å². The van der Waals surface area contributed by atoms with E-state index in [2.05, 4.69) is 15.0 Å². The predicted molar refractivity (Wildman–Crippen MR) is 64.3 cm³/mol. The van der Waals surface area contributed by atoms with E-state index in [1.54, 1.807) is 0 Å². The molecule has 0 saturated carbocycles. The van der Waals surface area contributed by atoms with Crippen LogP contribution in [-0.2, 0) is 10.9 Å². The van der Waals surface area contributed by atoms with Gasteiger partial charge in [-0.25, -0.2) is 9.48 Å². The molecular weight excluding hydrogens is 291 g/mol. The summed E-state index contributed by atoms with van der Waals surface area (Å²) in [6, 6.07) is 5.66. The molecule has 6 nitrogen and oxygen atoms in total. The predicted octanol–water partition coefficient (Wildman–Crippen LogP) is 2.08. The van der Waals surface area contributed by atoms with E-state index in [1.165, 1.54) is 31.4 Å². The minimum Gasteiger partial charge on any atom is -0.497 e. The van der Waals surface area contributed by atoms with Crippen LogP contribution in [0.3, 0.4) is 0 Å². The number of carbonyl (C=O) groups excluding carboxylic acids is 1. The summed E-state index contributed by atoms with van der Waals surface area (Å²) < 4.78 is 49.1. The van der Waals surface area contributed by atoms with Gasteiger partial charge in [0.05, 0.1) is 19.9 Å². The molecule has 0 unspecified atom stereocenters. The topological polar surface area (TPSA) is 66.2 Å². The molecule has 1 aromatic carbocycles. The van der Waals surface area contributed by atoms with Gasteiger partial charge in [-0.3, -0.25) is 0 Å². The highest BCUT2D eigenvalue weighted by Gasteiger charge is 2.42. The fourth-order valence-electron chi connectivity index (χ4n) is 1.67. The number of esters is 1. The highest BCUT2D eigenvalue weighted by molar-refractivity contribution is 5.88. The molecule has 0 saturated heterocycles. The minimum absolute atomic E-state index is 0.0887. The molecule has 0 atom stereocenters. The SMILES string of the molecule is COC(=O)c1nnn(-c2ccc(OC)cc2)c1C(F)(F)F. The largest absolute Gasteiger partial charge is 0.497 e. The lowest BCUT2D eigenvalue weighted by Gasteiger charge is -2.10. The first-order chi connectivity index (χ1) is 9.88. The third-order valence-corrected chi connectivity index (χ3v) is 2.63. The van der Waals surface area contributed by atoms with Crippen molar-refractivity contribution in [3.8, 4) is 11.4 Å². The summed E-state index contributed by atoms with van der Waals surface area (Å²) in [4.78, 5) is 11.4. The molecule has 1 heterocycles. The fraction of sp³-hybridized carbons (Fsp3) is 0.250. The third kappa shape index (κ3) is 2.81. The molecule has 9 heteroatoms. The molecule has 2 rings (SSSR count). The first-order valence-electron chi connectivity index (χ1n) is 5.64. The number of hydrogen-bond acceptors (Lipinski definition) is 5. The van der Waals surface area contributed by atoms with Gasteiger partial charge in [-0.2, -0.15) is 13.2 Å².